The number of ether oxygens (including phenoxy) is 2. The van der Waals surface area contributed by atoms with Crippen molar-refractivity contribution in [1.82, 2.24) is 0 Å². The third kappa shape index (κ3) is 6.96. The smallest absolute Gasteiger partial charge is 0.311 e. The van der Waals surface area contributed by atoms with Crippen LogP contribution in [0.15, 0.2) is 35.9 Å². The molecule has 1 aromatic carbocycles. The van der Waals surface area contributed by atoms with E-state index >= 15 is 0 Å². The molecule has 1 aliphatic carbocycles. The molecular formula is C28H40O4. The Labute approximate surface area is 193 Å². The second-order valence-corrected chi connectivity index (χ2v) is 9.69. The van der Waals surface area contributed by atoms with Crippen molar-refractivity contribution in [2.24, 2.45) is 5.92 Å². The van der Waals surface area contributed by atoms with Gasteiger partial charge in [-0.1, -0.05) is 50.0 Å². The van der Waals surface area contributed by atoms with Crippen LogP contribution in [0, 0.1) is 5.92 Å². The Hall–Kier alpha value is -2.07. The van der Waals surface area contributed by atoms with Crippen molar-refractivity contribution in [3.8, 4) is 11.5 Å². The van der Waals surface area contributed by atoms with Gasteiger partial charge >= 0.3 is 5.97 Å². The summed E-state index contributed by atoms with van der Waals surface area (Å²) in [6, 6.07) is 3.85. The van der Waals surface area contributed by atoms with Crippen LogP contribution in [0.1, 0.15) is 95.6 Å². The summed E-state index contributed by atoms with van der Waals surface area (Å²) >= 11 is 0. The molecule has 0 aromatic heterocycles. The molecule has 1 aromatic rings. The quantitative estimate of drug-likeness (QED) is 0.125. The van der Waals surface area contributed by atoms with Gasteiger partial charge in [0.05, 0.1) is 12.7 Å². The van der Waals surface area contributed by atoms with Gasteiger partial charge in [-0.25, -0.2) is 0 Å². The molecule has 0 radical (unpaired) electrons. The van der Waals surface area contributed by atoms with E-state index in [1.54, 1.807) is 0 Å². The van der Waals surface area contributed by atoms with Crippen molar-refractivity contribution in [3.05, 3.63) is 47.1 Å². The molecule has 1 fully saturated rings. The molecule has 176 valence electrons. The van der Waals surface area contributed by atoms with E-state index in [1.807, 2.05) is 12.1 Å². The predicted molar refractivity (Wildman–Crippen MR) is 129 cm³/mol. The molecule has 1 N–H and O–H groups in total. The van der Waals surface area contributed by atoms with E-state index in [2.05, 4.69) is 33.4 Å². The molecule has 0 spiro atoms. The van der Waals surface area contributed by atoms with Crippen LogP contribution in [0.4, 0.5) is 0 Å². The third-order valence-electron chi connectivity index (χ3n) is 6.75. The largest absolute Gasteiger partial charge is 0.507 e. The number of unbranched alkanes of at least 4 members (excludes halogenated alkanes) is 3. The highest BCUT2D eigenvalue weighted by atomic mass is 16.6. The van der Waals surface area contributed by atoms with E-state index in [1.165, 1.54) is 5.57 Å². The number of allylic oxidation sites excluding steroid dienone is 3. The number of carbonyl (C=O) groups excluding carboxylic acids is 1. The van der Waals surface area contributed by atoms with Crippen LogP contribution in [0.25, 0.3) is 0 Å². The van der Waals surface area contributed by atoms with Gasteiger partial charge in [-0.3, -0.25) is 4.79 Å². The summed E-state index contributed by atoms with van der Waals surface area (Å²) in [5, 5.41) is 11.1. The first-order chi connectivity index (χ1) is 15.4. The van der Waals surface area contributed by atoms with Crippen LogP contribution >= 0.6 is 0 Å². The topological polar surface area (TPSA) is 59.1 Å². The SMILES string of the molecule is C=C(C)[C@@H]1CCC(C)=C[C@H]1c1c(O)cc(CCCCC)cc1OC(=O)CCCCC1CO1. The molecule has 3 rings (SSSR count). The lowest BCUT2D eigenvalue weighted by Crippen LogP contribution is -2.19. The second kappa shape index (κ2) is 11.7. The average Bonchev–Trinajstić information content (AvgIpc) is 3.55. The molecule has 4 heteroatoms. The minimum absolute atomic E-state index is 0.0271. The molecule has 4 nitrogen and oxygen atoms in total. The van der Waals surface area contributed by atoms with E-state index in [0.717, 1.165) is 81.1 Å². The molecular weight excluding hydrogens is 400 g/mol. The molecule has 1 saturated heterocycles. The summed E-state index contributed by atoms with van der Waals surface area (Å²) in [7, 11) is 0. The van der Waals surface area contributed by atoms with Crippen molar-refractivity contribution >= 4 is 5.97 Å². The second-order valence-electron chi connectivity index (χ2n) is 9.69. The maximum Gasteiger partial charge on any atom is 0.311 e. The fourth-order valence-corrected chi connectivity index (χ4v) is 4.77. The zero-order valence-corrected chi connectivity index (χ0v) is 20.1. The van der Waals surface area contributed by atoms with E-state index < -0.39 is 0 Å². The molecule has 1 aliphatic heterocycles. The summed E-state index contributed by atoms with van der Waals surface area (Å²) in [6.07, 6.45) is 12.0. The standard InChI is InChI=1S/C28H40O4/c1-5-6-7-10-21-16-25(29)28(24-15-20(4)13-14-23(24)19(2)3)26(17-21)32-27(30)12-9-8-11-22-18-31-22/h15-17,22-24,29H,2,5-14,18H2,1,3-4H3/t22?,23-,24+/m0/s1. The summed E-state index contributed by atoms with van der Waals surface area (Å²) in [4.78, 5) is 12.7. The highest BCUT2D eigenvalue weighted by Gasteiger charge is 2.31. The molecule has 3 atom stereocenters. The van der Waals surface area contributed by atoms with E-state index in [9.17, 15) is 9.90 Å². The van der Waals surface area contributed by atoms with Gasteiger partial charge in [0.15, 0.2) is 0 Å². The van der Waals surface area contributed by atoms with Gasteiger partial charge in [0.2, 0.25) is 0 Å². The monoisotopic (exact) mass is 440 g/mol. The zero-order valence-electron chi connectivity index (χ0n) is 20.1. The summed E-state index contributed by atoms with van der Waals surface area (Å²) in [5.74, 6) is 0.729. The number of carbonyl (C=O) groups is 1. The Balaban J connectivity index is 1.83. The maximum atomic E-state index is 12.7. The zero-order chi connectivity index (χ0) is 23.1. The van der Waals surface area contributed by atoms with Gasteiger partial charge in [0.1, 0.15) is 11.5 Å². The normalized spacial score (nSPS) is 22.3. The molecule has 1 unspecified atom stereocenters. The number of aryl methyl sites for hydroxylation is 1. The Morgan fingerprint density at radius 1 is 1.25 bits per heavy atom. The van der Waals surface area contributed by atoms with Crippen LogP contribution in [0.3, 0.4) is 0 Å². The van der Waals surface area contributed by atoms with Gasteiger partial charge in [-0.2, -0.15) is 0 Å². The Kier molecular flexibility index (Phi) is 8.98. The number of esters is 1. The van der Waals surface area contributed by atoms with Crippen molar-refractivity contribution in [2.45, 2.75) is 97.0 Å². The first-order valence-corrected chi connectivity index (χ1v) is 12.4. The molecule has 0 saturated carbocycles. The molecule has 2 aliphatic rings. The number of hydrogen-bond acceptors (Lipinski definition) is 4. The number of hydrogen-bond donors (Lipinski definition) is 1. The lowest BCUT2D eigenvalue weighted by atomic mass is 9.73. The fourth-order valence-electron chi connectivity index (χ4n) is 4.77. The molecule has 1 heterocycles. The highest BCUT2D eigenvalue weighted by Crippen LogP contribution is 2.47. The van der Waals surface area contributed by atoms with Crippen LogP contribution in [-0.4, -0.2) is 23.8 Å². The Morgan fingerprint density at radius 3 is 2.72 bits per heavy atom. The Bertz CT molecular complexity index is 834. The fraction of sp³-hybridized carbons (Fsp3) is 0.607. The number of phenolic OH excluding ortho intramolecular Hbond substituents is 1. The minimum Gasteiger partial charge on any atom is -0.507 e. The van der Waals surface area contributed by atoms with Gasteiger partial charge in [-0.05, 0) is 76.0 Å². The van der Waals surface area contributed by atoms with Crippen molar-refractivity contribution in [3.63, 3.8) is 0 Å². The van der Waals surface area contributed by atoms with Crippen LogP contribution in [-0.2, 0) is 16.0 Å². The molecule has 0 amide bonds. The van der Waals surface area contributed by atoms with Crippen LogP contribution in [0.2, 0.25) is 0 Å². The first kappa shape index (κ1) is 24.6. The van der Waals surface area contributed by atoms with Gasteiger partial charge in [0.25, 0.3) is 0 Å². The van der Waals surface area contributed by atoms with Crippen LogP contribution < -0.4 is 4.74 Å². The third-order valence-corrected chi connectivity index (χ3v) is 6.75. The predicted octanol–water partition coefficient (Wildman–Crippen LogP) is 7.01. The van der Waals surface area contributed by atoms with E-state index in [-0.39, 0.29) is 23.6 Å². The van der Waals surface area contributed by atoms with Crippen molar-refractivity contribution in [2.75, 3.05) is 6.61 Å². The van der Waals surface area contributed by atoms with Crippen LogP contribution in [0.5, 0.6) is 11.5 Å². The maximum absolute atomic E-state index is 12.7. The number of epoxide rings is 1. The molecule has 0 bridgehead atoms. The van der Waals surface area contributed by atoms with Crippen molar-refractivity contribution < 1.29 is 19.4 Å². The number of phenols is 1. The van der Waals surface area contributed by atoms with Crippen molar-refractivity contribution in [1.29, 1.82) is 0 Å². The Morgan fingerprint density at radius 2 is 2.03 bits per heavy atom. The first-order valence-electron chi connectivity index (χ1n) is 12.4. The van der Waals surface area contributed by atoms with Gasteiger partial charge in [0, 0.05) is 17.9 Å². The lowest BCUT2D eigenvalue weighted by molar-refractivity contribution is -0.134. The summed E-state index contributed by atoms with van der Waals surface area (Å²) in [6.45, 7) is 11.4. The summed E-state index contributed by atoms with van der Waals surface area (Å²) < 4.78 is 11.2. The number of aromatic hydroxyl groups is 1. The average molecular weight is 441 g/mol. The number of benzene rings is 1. The van der Waals surface area contributed by atoms with Gasteiger partial charge < -0.3 is 14.6 Å². The van der Waals surface area contributed by atoms with Gasteiger partial charge in [-0.15, -0.1) is 0 Å². The molecule has 32 heavy (non-hydrogen) atoms. The highest BCUT2D eigenvalue weighted by molar-refractivity contribution is 5.73. The van der Waals surface area contributed by atoms with E-state index in [0.29, 0.717) is 18.3 Å². The summed E-state index contributed by atoms with van der Waals surface area (Å²) in [5.41, 5.74) is 4.16. The van der Waals surface area contributed by atoms with E-state index in [4.69, 9.17) is 9.47 Å². The lowest BCUT2D eigenvalue weighted by Gasteiger charge is -2.32. The number of rotatable bonds is 12. The minimum atomic E-state index is -0.226.